The van der Waals surface area contributed by atoms with Crippen LogP contribution in [0.2, 0.25) is 0 Å². The van der Waals surface area contributed by atoms with Crippen LogP contribution in [-0.2, 0) is 4.74 Å². The highest BCUT2D eigenvalue weighted by Crippen LogP contribution is 2.30. The summed E-state index contributed by atoms with van der Waals surface area (Å²) in [6.45, 7) is 4.93. The van der Waals surface area contributed by atoms with Crippen molar-refractivity contribution in [2.45, 2.75) is 57.6 Å². The van der Waals surface area contributed by atoms with Crippen LogP contribution in [0.4, 0.5) is 5.95 Å². The van der Waals surface area contributed by atoms with Crippen LogP contribution in [0.3, 0.4) is 0 Å². The molecule has 0 saturated heterocycles. The number of imidazole rings is 1. The SMILES string of the molecule is COC(C)(C)CNc1nccn1C1CCCCC1. The Morgan fingerprint density at radius 1 is 1.39 bits per heavy atom. The van der Waals surface area contributed by atoms with Crippen LogP contribution in [-0.4, -0.2) is 28.8 Å². The molecule has 1 N–H and O–H groups in total. The highest BCUT2D eigenvalue weighted by atomic mass is 16.5. The number of anilines is 1. The molecule has 1 aliphatic rings. The fourth-order valence-electron chi connectivity index (χ4n) is 2.47. The first-order chi connectivity index (χ1) is 8.62. The predicted molar refractivity (Wildman–Crippen MR) is 73.9 cm³/mol. The van der Waals surface area contributed by atoms with Crippen molar-refractivity contribution in [3.05, 3.63) is 12.4 Å². The number of methoxy groups -OCH3 is 1. The van der Waals surface area contributed by atoms with E-state index in [1.807, 2.05) is 6.20 Å². The molecule has 1 heterocycles. The van der Waals surface area contributed by atoms with Crippen molar-refractivity contribution in [1.82, 2.24) is 9.55 Å². The first-order valence-corrected chi connectivity index (χ1v) is 6.94. The van der Waals surface area contributed by atoms with Gasteiger partial charge < -0.3 is 14.6 Å². The van der Waals surface area contributed by atoms with Crippen LogP contribution in [0.5, 0.6) is 0 Å². The van der Waals surface area contributed by atoms with Gasteiger partial charge in [-0.05, 0) is 26.7 Å². The van der Waals surface area contributed by atoms with E-state index >= 15 is 0 Å². The third-order valence-corrected chi connectivity index (χ3v) is 3.86. The van der Waals surface area contributed by atoms with Gasteiger partial charge in [-0.15, -0.1) is 0 Å². The number of aromatic nitrogens is 2. The Morgan fingerprint density at radius 3 is 2.78 bits per heavy atom. The molecule has 0 aromatic carbocycles. The second-order valence-electron chi connectivity index (χ2n) is 5.77. The molecule has 0 unspecified atom stereocenters. The van der Waals surface area contributed by atoms with E-state index < -0.39 is 0 Å². The van der Waals surface area contributed by atoms with Crippen LogP contribution in [0.25, 0.3) is 0 Å². The zero-order chi connectivity index (χ0) is 13.0. The maximum Gasteiger partial charge on any atom is 0.203 e. The summed E-state index contributed by atoms with van der Waals surface area (Å²) in [5, 5.41) is 3.41. The number of nitrogens with zero attached hydrogens (tertiary/aromatic N) is 2. The summed E-state index contributed by atoms with van der Waals surface area (Å²) in [5.74, 6) is 0.979. The standard InChI is InChI=1S/C14H25N3O/c1-14(2,18-3)11-16-13-15-9-10-17(13)12-7-5-4-6-8-12/h9-10,12H,4-8,11H2,1-3H3,(H,15,16). The molecule has 1 aromatic rings. The molecule has 102 valence electrons. The molecular weight excluding hydrogens is 226 g/mol. The molecule has 2 rings (SSSR count). The minimum Gasteiger partial charge on any atom is -0.377 e. The van der Waals surface area contributed by atoms with Crippen LogP contribution >= 0.6 is 0 Å². The third-order valence-electron chi connectivity index (χ3n) is 3.86. The smallest absolute Gasteiger partial charge is 0.203 e. The molecule has 0 radical (unpaired) electrons. The molecule has 4 nitrogen and oxygen atoms in total. The van der Waals surface area contributed by atoms with Crippen molar-refractivity contribution in [3.63, 3.8) is 0 Å². The highest BCUT2D eigenvalue weighted by Gasteiger charge is 2.20. The Morgan fingerprint density at radius 2 is 2.11 bits per heavy atom. The van der Waals surface area contributed by atoms with E-state index in [-0.39, 0.29) is 5.60 Å². The summed E-state index contributed by atoms with van der Waals surface area (Å²) in [6.07, 6.45) is 10.6. The topological polar surface area (TPSA) is 39.1 Å². The van der Waals surface area contributed by atoms with Gasteiger partial charge in [0.15, 0.2) is 0 Å². The molecule has 4 heteroatoms. The minimum atomic E-state index is -0.163. The number of ether oxygens (including phenoxy) is 1. The van der Waals surface area contributed by atoms with Crippen LogP contribution in [0.1, 0.15) is 52.0 Å². The van der Waals surface area contributed by atoms with Crippen molar-refractivity contribution in [2.75, 3.05) is 19.0 Å². The summed E-state index contributed by atoms with van der Waals surface area (Å²) >= 11 is 0. The van der Waals surface area contributed by atoms with Gasteiger partial charge in [-0.2, -0.15) is 0 Å². The van der Waals surface area contributed by atoms with Gasteiger partial charge in [0.05, 0.1) is 5.60 Å². The van der Waals surface area contributed by atoms with Crippen molar-refractivity contribution in [2.24, 2.45) is 0 Å². The second-order valence-corrected chi connectivity index (χ2v) is 5.77. The van der Waals surface area contributed by atoms with Gasteiger partial charge in [-0.1, -0.05) is 19.3 Å². The summed E-state index contributed by atoms with van der Waals surface area (Å²) in [7, 11) is 1.75. The lowest BCUT2D eigenvalue weighted by molar-refractivity contribution is 0.0341. The van der Waals surface area contributed by atoms with Crippen molar-refractivity contribution >= 4 is 5.95 Å². The van der Waals surface area contributed by atoms with E-state index in [0.29, 0.717) is 6.04 Å². The monoisotopic (exact) mass is 251 g/mol. The highest BCUT2D eigenvalue weighted by molar-refractivity contribution is 5.27. The second kappa shape index (κ2) is 5.74. The summed E-state index contributed by atoms with van der Waals surface area (Å²) < 4.78 is 7.72. The fourth-order valence-corrected chi connectivity index (χ4v) is 2.47. The normalized spacial score (nSPS) is 17.9. The number of hydrogen-bond donors (Lipinski definition) is 1. The molecule has 0 atom stereocenters. The summed E-state index contributed by atoms with van der Waals surface area (Å²) in [4.78, 5) is 4.43. The van der Waals surface area contributed by atoms with Gasteiger partial charge in [-0.3, -0.25) is 0 Å². The van der Waals surface area contributed by atoms with E-state index in [1.54, 1.807) is 7.11 Å². The summed E-state index contributed by atoms with van der Waals surface area (Å²) in [6, 6.07) is 0.620. The molecule has 1 fully saturated rings. The van der Waals surface area contributed by atoms with E-state index in [2.05, 4.69) is 34.9 Å². The van der Waals surface area contributed by atoms with Crippen LogP contribution in [0.15, 0.2) is 12.4 Å². The van der Waals surface area contributed by atoms with Crippen LogP contribution in [0, 0.1) is 0 Å². The molecular formula is C14H25N3O. The van der Waals surface area contributed by atoms with E-state index in [4.69, 9.17) is 4.74 Å². The predicted octanol–water partition coefficient (Wildman–Crippen LogP) is 3.23. The minimum absolute atomic E-state index is 0.163. The average Bonchev–Trinajstić information content (AvgIpc) is 2.86. The molecule has 0 amide bonds. The van der Waals surface area contributed by atoms with E-state index in [0.717, 1.165) is 12.5 Å². The average molecular weight is 251 g/mol. The summed E-state index contributed by atoms with van der Waals surface area (Å²) in [5.41, 5.74) is -0.163. The van der Waals surface area contributed by atoms with E-state index in [9.17, 15) is 0 Å². The lowest BCUT2D eigenvalue weighted by Gasteiger charge is -2.27. The first kappa shape index (κ1) is 13.4. The van der Waals surface area contributed by atoms with Crippen LogP contribution < -0.4 is 5.32 Å². The largest absolute Gasteiger partial charge is 0.377 e. The Balaban J connectivity index is 1.99. The van der Waals surface area contributed by atoms with Gasteiger partial charge in [0.2, 0.25) is 5.95 Å². The molecule has 1 saturated carbocycles. The lowest BCUT2D eigenvalue weighted by atomic mass is 9.95. The Bertz CT molecular complexity index is 367. The van der Waals surface area contributed by atoms with Crippen molar-refractivity contribution < 1.29 is 4.74 Å². The van der Waals surface area contributed by atoms with Gasteiger partial charge >= 0.3 is 0 Å². The Hall–Kier alpha value is -1.03. The van der Waals surface area contributed by atoms with Crippen molar-refractivity contribution in [1.29, 1.82) is 0 Å². The Kier molecular flexibility index (Phi) is 4.27. The number of nitrogens with one attached hydrogen (secondary N) is 1. The third kappa shape index (κ3) is 3.25. The maximum atomic E-state index is 5.42. The molecule has 18 heavy (non-hydrogen) atoms. The molecule has 0 spiro atoms. The first-order valence-electron chi connectivity index (χ1n) is 6.94. The zero-order valence-corrected chi connectivity index (χ0v) is 11.8. The quantitative estimate of drug-likeness (QED) is 0.873. The van der Waals surface area contributed by atoms with Gasteiger partial charge in [0.1, 0.15) is 0 Å². The molecule has 1 aliphatic carbocycles. The van der Waals surface area contributed by atoms with Crippen molar-refractivity contribution in [3.8, 4) is 0 Å². The fraction of sp³-hybridized carbons (Fsp3) is 0.786. The molecule has 0 bridgehead atoms. The van der Waals surface area contributed by atoms with Gasteiger partial charge in [0.25, 0.3) is 0 Å². The lowest BCUT2D eigenvalue weighted by Crippen LogP contribution is -2.33. The van der Waals surface area contributed by atoms with Gasteiger partial charge in [-0.25, -0.2) is 4.98 Å². The number of rotatable bonds is 5. The number of hydrogen-bond acceptors (Lipinski definition) is 3. The molecule has 0 aliphatic heterocycles. The Labute approximate surface area is 110 Å². The zero-order valence-electron chi connectivity index (χ0n) is 11.8. The maximum absolute atomic E-state index is 5.42. The van der Waals surface area contributed by atoms with E-state index in [1.165, 1.54) is 32.1 Å². The van der Waals surface area contributed by atoms with Gasteiger partial charge in [0, 0.05) is 32.1 Å². The molecule has 1 aromatic heterocycles.